The van der Waals surface area contributed by atoms with E-state index in [1.165, 1.54) is 0 Å². The maximum atomic E-state index is 13.3. The van der Waals surface area contributed by atoms with Crippen LogP contribution in [0.25, 0.3) is 0 Å². The molecule has 178 valence electrons. The highest BCUT2D eigenvalue weighted by atomic mass is 79.9. The molecule has 8 heteroatoms. The zero-order valence-corrected chi connectivity index (χ0v) is 22.3. The molecule has 2 aromatic carbocycles. The van der Waals surface area contributed by atoms with Gasteiger partial charge < -0.3 is 19.3 Å². The number of carbonyl (C=O) groups excluding carboxylic acids is 2. The number of hydrogen-bond acceptors (Lipinski definition) is 4. The molecule has 0 radical (unpaired) electrons. The lowest BCUT2D eigenvalue weighted by Crippen LogP contribution is -2.37. The van der Waals surface area contributed by atoms with Crippen LogP contribution in [0.2, 0.25) is 0 Å². The van der Waals surface area contributed by atoms with Crippen LogP contribution in [-0.4, -0.2) is 61.0 Å². The second-order valence-corrected chi connectivity index (χ2v) is 9.75. The van der Waals surface area contributed by atoms with Gasteiger partial charge >= 0.3 is 0 Å². The van der Waals surface area contributed by atoms with Gasteiger partial charge in [0.1, 0.15) is 11.5 Å². The van der Waals surface area contributed by atoms with Gasteiger partial charge in [-0.15, -0.1) is 0 Å². The number of rotatable bonds is 8. The second-order valence-electron chi connectivity index (χ2n) is 7.92. The lowest BCUT2D eigenvalue weighted by Gasteiger charge is -2.24. The van der Waals surface area contributed by atoms with Crippen molar-refractivity contribution in [1.29, 1.82) is 0 Å². The standard InChI is InChI=1S/C25H30Br2N2O4/c1-3-14-32-22-8-6-18(26)16-20(22)24(30)28-10-5-11-29(13-12-28)25(31)21-17-19(27)7-9-23(21)33-15-4-2/h6-9,16-17H,3-5,10-15H2,1-2H3. The molecule has 0 N–H and O–H groups in total. The van der Waals surface area contributed by atoms with Gasteiger partial charge in [0.2, 0.25) is 0 Å². The molecule has 0 bridgehead atoms. The van der Waals surface area contributed by atoms with Gasteiger partial charge in [-0.1, -0.05) is 45.7 Å². The van der Waals surface area contributed by atoms with E-state index in [1.807, 2.05) is 47.9 Å². The molecule has 0 spiro atoms. The number of amides is 2. The van der Waals surface area contributed by atoms with Crippen molar-refractivity contribution >= 4 is 43.7 Å². The molecule has 33 heavy (non-hydrogen) atoms. The average Bonchev–Trinajstić information content (AvgIpc) is 3.08. The van der Waals surface area contributed by atoms with Crippen LogP contribution >= 0.6 is 31.9 Å². The van der Waals surface area contributed by atoms with E-state index < -0.39 is 0 Å². The first-order chi connectivity index (χ1) is 15.9. The van der Waals surface area contributed by atoms with E-state index in [0.717, 1.165) is 21.8 Å². The predicted molar refractivity (Wildman–Crippen MR) is 136 cm³/mol. The minimum absolute atomic E-state index is 0.0777. The molecule has 0 saturated carbocycles. The van der Waals surface area contributed by atoms with Gasteiger partial charge in [0.15, 0.2) is 0 Å². The Hall–Kier alpha value is -2.06. The summed E-state index contributed by atoms with van der Waals surface area (Å²) in [4.78, 5) is 30.3. The van der Waals surface area contributed by atoms with Gasteiger partial charge in [0.25, 0.3) is 11.8 Å². The highest BCUT2D eigenvalue weighted by Crippen LogP contribution is 2.27. The van der Waals surface area contributed by atoms with Crippen LogP contribution in [0, 0.1) is 0 Å². The number of ether oxygens (including phenoxy) is 2. The van der Waals surface area contributed by atoms with Crippen molar-refractivity contribution in [3.05, 3.63) is 56.5 Å². The maximum absolute atomic E-state index is 13.3. The third-order valence-electron chi connectivity index (χ3n) is 5.34. The fourth-order valence-electron chi connectivity index (χ4n) is 3.68. The Morgan fingerprint density at radius 1 is 0.758 bits per heavy atom. The fraction of sp³-hybridized carbons (Fsp3) is 0.440. The number of benzene rings is 2. The Morgan fingerprint density at radius 3 is 1.58 bits per heavy atom. The van der Waals surface area contributed by atoms with Crippen LogP contribution in [0.4, 0.5) is 0 Å². The molecule has 0 atom stereocenters. The van der Waals surface area contributed by atoms with Gasteiger partial charge in [-0.25, -0.2) is 0 Å². The van der Waals surface area contributed by atoms with Crippen molar-refractivity contribution in [2.24, 2.45) is 0 Å². The Labute approximate surface area is 212 Å². The Bertz CT molecular complexity index is 905. The van der Waals surface area contributed by atoms with Crippen molar-refractivity contribution in [3.8, 4) is 11.5 Å². The topological polar surface area (TPSA) is 59.1 Å². The highest BCUT2D eigenvalue weighted by molar-refractivity contribution is 9.10. The molecule has 2 amide bonds. The van der Waals surface area contributed by atoms with Crippen LogP contribution in [0.3, 0.4) is 0 Å². The van der Waals surface area contributed by atoms with Crippen LogP contribution in [-0.2, 0) is 0 Å². The zero-order chi connectivity index (χ0) is 23.8. The molecule has 3 rings (SSSR count). The minimum Gasteiger partial charge on any atom is -0.493 e. The molecular weight excluding hydrogens is 552 g/mol. The number of halogens is 2. The maximum Gasteiger partial charge on any atom is 0.257 e. The summed E-state index contributed by atoms with van der Waals surface area (Å²) in [5, 5.41) is 0. The summed E-state index contributed by atoms with van der Waals surface area (Å²) < 4.78 is 13.3. The molecule has 0 aliphatic carbocycles. The summed E-state index contributed by atoms with van der Waals surface area (Å²) in [6.45, 7) is 7.26. The number of nitrogens with zero attached hydrogens (tertiary/aromatic N) is 2. The van der Waals surface area contributed by atoms with Crippen LogP contribution in [0.1, 0.15) is 53.8 Å². The van der Waals surface area contributed by atoms with Crippen LogP contribution in [0.15, 0.2) is 45.3 Å². The molecule has 2 aromatic rings. The quantitative estimate of drug-likeness (QED) is 0.397. The number of hydrogen-bond donors (Lipinski definition) is 0. The van der Waals surface area contributed by atoms with E-state index in [4.69, 9.17) is 9.47 Å². The third kappa shape index (κ3) is 6.73. The lowest BCUT2D eigenvalue weighted by molar-refractivity contribution is 0.0714. The van der Waals surface area contributed by atoms with Gasteiger partial charge in [0.05, 0.1) is 24.3 Å². The SMILES string of the molecule is CCCOc1ccc(Br)cc1C(=O)N1CCCN(C(=O)c2cc(Br)ccc2OCCC)CC1. The molecule has 1 saturated heterocycles. The summed E-state index contributed by atoms with van der Waals surface area (Å²) in [5.74, 6) is 1.03. The summed E-state index contributed by atoms with van der Waals surface area (Å²) in [5.41, 5.74) is 1.08. The second kappa shape index (κ2) is 12.4. The van der Waals surface area contributed by atoms with Gasteiger partial charge in [0, 0.05) is 35.1 Å². The summed E-state index contributed by atoms with van der Waals surface area (Å²) >= 11 is 6.92. The minimum atomic E-state index is -0.0777. The first-order valence-corrected chi connectivity index (χ1v) is 13.0. The Morgan fingerprint density at radius 2 is 1.18 bits per heavy atom. The third-order valence-corrected chi connectivity index (χ3v) is 6.32. The van der Waals surface area contributed by atoms with Gasteiger partial charge in [-0.2, -0.15) is 0 Å². The zero-order valence-electron chi connectivity index (χ0n) is 19.1. The average molecular weight is 582 g/mol. The highest BCUT2D eigenvalue weighted by Gasteiger charge is 2.27. The molecule has 0 unspecified atom stereocenters. The van der Waals surface area contributed by atoms with Crippen LogP contribution < -0.4 is 9.47 Å². The normalized spacial score (nSPS) is 14.1. The smallest absolute Gasteiger partial charge is 0.257 e. The molecule has 0 aromatic heterocycles. The van der Waals surface area contributed by atoms with Crippen molar-refractivity contribution in [2.45, 2.75) is 33.1 Å². The first kappa shape index (κ1) is 25.6. The summed E-state index contributed by atoms with van der Waals surface area (Å²) in [6, 6.07) is 11.0. The van der Waals surface area contributed by atoms with Gasteiger partial charge in [-0.3, -0.25) is 9.59 Å². The summed E-state index contributed by atoms with van der Waals surface area (Å²) in [6.07, 6.45) is 2.43. The van der Waals surface area contributed by atoms with Crippen LogP contribution in [0.5, 0.6) is 11.5 Å². The molecular formula is C25H30Br2N2O4. The lowest BCUT2D eigenvalue weighted by atomic mass is 10.1. The van der Waals surface area contributed by atoms with E-state index in [-0.39, 0.29) is 11.8 Å². The molecule has 1 fully saturated rings. The predicted octanol–water partition coefficient (Wildman–Crippen LogP) is 5.78. The molecule has 1 aliphatic heterocycles. The van der Waals surface area contributed by atoms with E-state index in [2.05, 4.69) is 31.9 Å². The number of carbonyl (C=O) groups is 2. The van der Waals surface area contributed by atoms with Crippen molar-refractivity contribution in [2.75, 3.05) is 39.4 Å². The van der Waals surface area contributed by atoms with Gasteiger partial charge in [-0.05, 0) is 55.7 Å². The molecule has 1 heterocycles. The summed E-state index contributed by atoms with van der Waals surface area (Å²) in [7, 11) is 0. The Kier molecular flexibility index (Phi) is 9.62. The van der Waals surface area contributed by atoms with Crippen molar-refractivity contribution in [1.82, 2.24) is 9.80 Å². The van der Waals surface area contributed by atoms with E-state index in [1.54, 1.807) is 12.1 Å². The van der Waals surface area contributed by atoms with E-state index in [9.17, 15) is 9.59 Å². The van der Waals surface area contributed by atoms with Crippen molar-refractivity contribution < 1.29 is 19.1 Å². The largest absolute Gasteiger partial charge is 0.493 e. The van der Waals surface area contributed by atoms with E-state index in [0.29, 0.717) is 68.4 Å². The van der Waals surface area contributed by atoms with Crippen molar-refractivity contribution in [3.63, 3.8) is 0 Å². The van der Waals surface area contributed by atoms with E-state index >= 15 is 0 Å². The fourth-order valence-corrected chi connectivity index (χ4v) is 4.40. The Balaban J connectivity index is 1.74. The molecule has 1 aliphatic rings. The first-order valence-electron chi connectivity index (χ1n) is 11.4. The molecule has 6 nitrogen and oxygen atoms in total. The monoisotopic (exact) mass is 580 g/mol.